The van der Waals surface area contributed by atoms with Crippen LogP contribution in [0.1, 0.15) is 11.1 Å². The standard InChI is InChI=1S/C8H10.C6H6O.C3H3N3/c1-7-5-3-4-6-8(7)2;7-6-4-2-1-3-5-6;1-2-4-6-5-3-1/h3-6H,1-2H3;1-5,7H;1-3H. The number of aryl methyl sites for hydroxylation is 2. The van der Waals surface area contributed by atoms with Gasteiger partial charge < -0.3 is 5.11 Å². The van der Waals surface area contributed by atoms with Crippen molar-refractivity contribution in [2.45, 2.75) is 13.8 Å². The van der Waals surface area contributed by atoms with E-state index in [4.69, 9.17) is 5.11 Å². The van der Waals surface area contributed by atoms with Crippen molar-refractivity contribution in [3.05, 3.63) is 84.2 Å². The van der Waals surface area contributed by atoms with Gasteiger partial charge in [-0.1, -0.05) is 42.5 Å². The van der Waals surface area contributed by atoms with E-state index in [1.54, 1.807) is 42.7 Å². The van der Waals surface area contributed by atoms with Crippen LogP contribution in [0.2, 0.25) is 0 Å². The molecule has 2 aromatic carbocycles. The highest BCUT2D eigenvalue weighted by atomic mass is 16.3. The van der Waals surface area contributed by atoms with Crippen molar-refractivity contribution in [2.75, 3.05) is 0 Å². The number of phenols is 1. The highest BCUT2D eigenvalue weighted by Gasteiger charge is 1.83. The van der Waals surface area contributed by atoms with E-state index in [1.807, 2.05) is 6.07 Å². The number of rotatable bonds is 0. The van der Waals surface area contributed by atoms with Gasteiger partial charge in [-0.2, -0.15) is 0 Å². The van der Waals surface area contributed by atoms with Crippen molar-refractivity contribution in [3.63, 3.8) is 0 Å². The first kappa shape index (κ1) is 16.3. The van der Waals surface area contributed by atoms with Crippen molar-refractivity contribution in [1.82, 2.24) is 15.4 Å². The number of hydrogen-bond donors (Lipinski definition) is 1. The van der Waals surface area contributed by atoms with Gasteiger partial charge in [0.1, 0.15) is 5.75 Å². The molecule has 0 saturated carbocycles. The first-order valence-electron chi connectivity index (χ1n) is 6.54. The van der Waals surface area contributed by atoms with E-state index in [-0.39, 0.29) is 0 Å². The van der Waals surface area contributed by atoms with Gasteiger partial charge >= 0.3 is 0 Å². The minimum Gasteiger partial charge on any atom is -0.508 e. The highest BCUT2D eigenvalue weighted by molar-refractivity contribution is 5.23. The molecule has 108 valence electrons. The molecule has 1 heterocycles. The molecule has 3 rings (SSSR count). The van der Waals surface area contributed by atoms with Crippen LogP contribution in [0.4, 0.5) is 0 Å². The van der Waals surface area contributed by atoms with Gasteiger partial charge in [0.05, 0.1) is 12.4 Å². The number of para-hydroxylation sites is 1. The Labute approximate surface area is 125 Å². The Balaban J connectivity index is 0.000000159. The summed E-state index contributed by atoms with van der Waals surface area (Å²) in [5, 5.41) is 18.8. The lowest BCUT2D eigenvalue weighted by molar-refractivity contribution is 0.475. The zero-order chi connectivity index (χ0) is 15.3. The fourth-order valence-electron chi connectivity index (χ4n) is 1.30. The van der Waals surface area contributed by atoms with E-state index in [1.165, 1.54) is 11.1 Å². The maximum absolute atomic E-state index is 8.63. The minimum atomic E-state index is 0.322. The molecule has 4 heteroatoms. The number of aromatic nitrogens is 3. The van der Waals surface area contributed by atoms with E-state index in [9.17, 15) is 0 Å². The average molecular weight is 281 g/mol. The Morgan fingerprint density at radius 3 is 1.38 bits per heavy atom. The van der Waals surface area contributed by atoms with Crippen molar-refractivity contribution in [1.29, 1.82) is 0 Å². The Kier molecular flexibility index (Phi) is 7.83. The number of benzene rings is 2. The zero-order valence-electron chi connectivity index (χ0n) is 12.2. The molecule has 4 nitrogen and oxygen atoms in total. The second-order valence-corrected chi connectivity index (χ2v) is 4.23. The van der Waals surface area contributed by atoms with E-state index in [2.05, 4.69) is 53.5 Å². The predicted octanol–water partition coefficient (Wildman–Crippen LogP) is 3.57. The average Bonchev–Trinajstić information content (AvgIpc) is 2.54. The summed E-state index contributed by atoms with van der Waals surface area (Å²) in [6.45, 7) is 4.24. The van der Waals surface area contributed by atoms with Crippen LogP contribution in [-0.4, -0.2) is 20.5 Å². The highest BCUT2D eigenvalue weighted by Crippen LogP contribution is 2.03. The summed E-state index contributed by atoms with van der Waals surface area (Å²) in [4.78, 5) is 0. The maximum atomic E-state index is 8.63. The molecular formula is C17H19N3O. The Morgan fingerprint density at radius 1 is 0.667 bits per heavy atom. The molecule has 0 unspecified atom stereocenters. The molecule has 0 radical (unpaired) electrons. The van der Waals surface area contributed by atoms with Gasteiger partial charge in [-0.3, -0.25) is 0 Å². The van der Waals surface area contributed by atoms with Gasteiger partial charge in [-0.05, 0) is 48.4 Å². The molecule has 0 aliphatic carbocycles. The summed E-state index contributed by atoms with van der Waals surface area (Å²) in [6, 6.07) is 18.8. The van der Waals surface area contributed by atoms with Crippen LogP contribution >= 0.6 is 0 Å². The van der Waals surface area contributed by atoms with Crippen LogP contribution in [-0.2, 0) is 0 Å². The van der Waals surface area contributed by atoms with Crippen LogP contribution < -0.4 is 0 Å². The normalized spacial score (nSPS) is 8.67. The van der Waals surface area contributed by atoms with Crippen molar-refractivity contribution in [3.8, 4) is 5.75 Å². The Morgan fingerprint density at radius 2 is 1.14 bits per heavy atom. The first-order chi connectivity index (χ1) is 10.2. The van der Waals surface area contributed by atoms with E-state index in [0.717, 1.165) is 0 Å². The number of phenolic OH excluding ortho intramolecular Hbond substituents is 1. The summed E-state index contributed by atoms with van der Waals surface area (Å²) in [5.74, 6) is 0.322. The van der Waals surface area contributed by atoms with Crippen molar-refractivity contribution in [2.24, 2.45) is 0 Å². The third-order valence-electron chi connectivity index (χ3n) is 2.59. The van der Waals surface area contributed by atoms with Crippen LogP contribution in [0, 0.1) is 13.8 Å². The molecule has 0 fully saturated rings. The fourth-order valence-corrected chi connectivity index (χ4v) is 1.30. The molecule has 0 atom stereocenters. The lowest BCUT2D eigenvalue weighted by Crippen LogP contribution is -1.78. The monoisotopic (exact) mass is 281 g/mol. The smallest absolute Gasteiger partial charge is 0.115 e. The number of nitrogens with zero attached hydrogens (tertiary/aromatic N) is 3. The molecular weight excluding hydrogens is 262 g/mol. The third-order valence-corrected chi connectivity index (χ3v) is 2.59. The van der Waals surface area contributed by atoms with Crippen LogP contribution in [0.25, 0.3) is 0 Å². The topological polar surface area (TPSA) is 58.9 Å². The molecule has 1 N–H and O–H groups in total. The third kappa shape index (κ3) is 8.10. The second kappa shape index (κ2) is 10.1. The Bertz CT molecular complexity index is 553. The van der Waals surface area contributed by atoms with Gasteiger partial charge in [0.25, 0.3) is 0 Å². The molecule has 0 amide bonds. The summed E-state index contributed by atoms with van der Waals surface area (Å²) < 4.78 is 0. The van der Waals surface area contributed by atoms with Crippen LogP contribution in [0.5, 0.6) is 5.75 Å². The van der Waals surface area contributed by atoms with E-state index < -0.39 is 0 Å². The first-order valence-corrected chi connectivity index (χ1v) is 6.54. The number of aromatic hydroxyl groups is 1. The Hall–Kier alpha value is -2.75. The van der Waals surface area contributed by atoms with Gasteiger partial charge in [-0.15, -0.1) is 10.2 Å². The van der Waals surface area contributed by atoms with Gasteiger partial charge in [-0.25, -0.2) is 0 Å². The molecule has 0 spiro atoms. The largest absolute Gasteiger partial charge is 0.508 e. The van der Waals surface area contributed by atoms with Gasteiger partial charge in [0.2, 0.25) is 0 Å². The summed E-state index contributed by atoms with van der Waals surface area (Å²) >= 11 is 0. The molecule has 0 aliphatic heterocycles. The summed E-state index contributed by atoms with van der Waals surface area (Å²) in [6.07, 6.45) is 3.15. The molecule has 0 bridgehead atoms. The SMILES string of the molecule is Cc1ccccc1C.Oc1ccccc1.c1cnnnc1. The molecule has 1 aromatic heterocycles. The van der Waals surface area contributed by atoms with Crippen LogP contribution in [0.15, 0.2) is 73.1 Å². The number of hydrogen-bond acceptors (Lipinski definition) is 4. The molecule has 0 aliphatic rings. The molecule has 0 saturated heterocycles. The molecule has 3 aromatic rings. The second-order valence-electron chi connectivity index (χ2n) is 4.23. The summed E-state index contributed by atoms with van der Waals surface area (Å²) in [5.41, 5.74) is 2.74. The zero-order valence-corrected chi connectivity index (χ0v) is 12.2. The fraction of sp³-hybridized carbons (Fsp3) is 0.118. The predicted molar refractivity (Wildman–Crippen MR) is 83.8 cm³/mol. The quantitative estimate of drug-likeness (QED) is 0.684. The van der Waals surface area contributed by atoms with E-state index >= 15 is 0 Å². The van der Waals surface area contributed by atoms with Gasteiger partial charge in [0.15, 0.2) is 0 Å². The molecule has 21 heavy (non-hydrogen) atoms. The lowest BCUT2D eigenvalue weighted by atomic mass is 10.1. The van der Waals surface area contributed by atoms with Crippen LogP contribution in [0.3, 0.4) is 0 Å². The van der Waals surface area contributed by atoms with Crippen molar-refractivity contribution < 1.29 is 5.11 Å². The van der Waals surface area contributed by atoms with E-state index in [0.29, 0.717) is 5.75 Å². The van der Waals surface area contributed by atoms with Crippen molar-refractivity contribution >= 4 is 0 Å². The minimum absolute atomic E-state index is 0.322. The van der Waals surface area contributed by atoms with Gasteiger partial charge in [0, 0.05) is 0 Å². The maximum Gasteiger partial charge on any atom is 0.115 e. The lowest BCUT2D eigenvalue weighted by Gasteiger charge is -1.93. The summed E-state index contributed by atoms with van der Waals surface area (Å²) in [7, 11) is 0.